The molecule has 0 atom stereocenters. The van der Waals surface area contributed by atoms with Crippen LogP contribution in [0, 0.1) is 104 Å². The van der Waals surface area contributed by atoms with Gasteiger partial charge < -0.3 is 0 Å². The van der Waals surface area contributed by atoms with Crippen LogP contribution in [0.25, 0.3) is 54.6 Å². The minimum atomic E-state index is 0.341. The van der Waals surface area contributed by atoms with Gasteiger partial charge >= 0.3 is 0 Å². The molecule has 0 amide bonds. The van der Waals surface area contributed by atoms with Crippen molar-refractivity contribution in [2.75, 3.05) is 0 Å². The second kappa shape index (κ2) is 18.4. The maximum atomic E-state index is 2.54. The zero-order valence-electron chi connectivity index (χ0n) is 45.9. The van der Waals surface area contributed by atoms with Crippen LogP contribution in [0.2, 0.25) is 0 Å². The number of aryl methyl sites for hydroxylation is 4. The Hall–Kier alpha value is -2.67. The molecule has 6 aromatic rings. The van der Waals surface area contributed by atoms with Gasteiger partial charge in [0.15, 0.2) is 0 Å². The highest BCUT2D eigenvalue weighted by molar-refractivity contribution is 7.87. The predicted molar refractivity (Wildman–Crippen MR) is 342 cm³/mol. The van der Waals surface area contributed by atoms with Crippen molar-refractivity contribution in [1.82, 2.24) is 0 Å². The Morgan fingerprint density at radius 1 is 0.344 bits per heavy atom. The van der Waals surface area contributed by atoms with Crippen LogP contribution in [-0.2, 0) is 0 Å². The van der Waals surface area contributed by atoms with Gasteiger partial charge in [0.25, 0.3) is 0 Å². The van der Waals surface area contributed by atoms with E-state index >= 15 is 0 Å². The van der Waals surface area contributed by atoms with Gasteiger partial charge in [0.05, 0.1) is 90.4 Å². The molecule has 0 unspecified atom stereocenters. The summed E-state index contributed by atoms with van der Waals surface area (Å²) >= 11 is 0. The fourth-order valence-corrected chi connectivity index (χ4v) is 13.2. The van der Waals surface area contributed by atoms with Gasteiger partial charge in [-0.1, -0.05) is 33.0 Å². The molecule has 0 aliphatic carbocycles. The average Bonchev–Trinajstić information content (AvgIpc) is 3.24. The van der Waals surface area contributed by atoms with Crippen LogP contribution in [0.15, 0.2) is 0 Å². The molecule has 0 fully saturated rings. The second-order valence-electron chi connectivity index (χ2n) is 22.2. The van der Waals surface area contributed by atoms with Crippen LogP contribution in [0.5, 0.6) is 0 Å². The van der Waals surface area contributed by atoms with Crippen LogP contribution in [0.4, 0.5) is 0 Å². The van der Waals surface area contributed by atoms with Crippen molar-refractivity contribution in [3.63, 3.8) is 0 Å². The zero-order chi connectivity index (χ0) is 48.2. The van der Waals surface area contributed by atoms with Crippen molar-refractivity contribution in [2.45, 2.75) is 104 Å². The van der Waals surface area contributed by atoms with E-state index in [1.807, 2.05) is 0 Å². The monoisotopic (exact) mass is 819 g/mol. The van der Waals surface area contributed by atoms with E-state index < -0.39 is 0 Å². The third-order valence-corrected chi connectivity index (χ3v) is 18.3. The molecule has 0 spiro atoms. The lowest BCUT2D eigenvalue weighted by atomic mass is 8.68. The molecule has 0 saturated heterocycles. The molecule has 0 aromatic heterocycles. The van der Waals surface area contributed by atoms with E-state index in [0.717, 1.165) is 7.17 Å². The molecule has 0 heterocycles. The molecule has 6 rings (SSSR count). The molecule has 19 heteroatoms. The minimum absolute atomic E-state index is 0.341. The highest BCUT2D eigenvalue weighted by atomic mass is 14.3. The Bertz CT molecular complexity index is 2920. The van der Waals surface area contributed by atoms with E-state index in [1.54, 1.807) is 32.6 Å². The van der Waals surface area contributed by atoms with Gasteiger partial charge in [0.2, 0.25) is 0 Å². The van der Waals surface area contributed by atoms with E-state index in [0.29, 0.717) is 38.6 Å². The number of fused-ring (bicyclic) bond motifs is 3. The molecule has 0 radical (unpaired) electrons. The van der Waals surface area contributed by atoms with Crippen LogP contribution < -0.4 is 27.3 Å². The molecule has 0 aliphatic heterocycles. The smallest absolute Gasteiger partial charge is 0.105 e. The predicted octanol–water partition coefficient (Wildman–Crippen LogP) is -4.68. The van der Waals surface area contributed by atoms with E-state index in [4.69, 9.17) is 0 Å². The Labute approximate surface area is 404 Å². The van der Waals surface area contributed by atoms with Crippen molar-refractivity contribution in [1.29, 1.82) is 0 Å². The summed E-state index contributed by atoms with van der Waals surface area (Å²) < 4.78 is 0. The third kappa shape index (κ3) is 7.39. The number of rotatable bonds is 10. The summed E-state index contributed by atoms with van der Waals surface area (Å²) in [4.78, 5) is 0. The Morgan fingerprint density at radius 2 is 0.750 bits per heavy atom. The summed E-state index contributed by atoms with van der Waals surface area (Å²) in [5.41, 5.74) is 35.4. The first kappa shape index (κ1) is 50.7. The van der Waals surface area contributed by atoms with Gasteiger partial charge in [-0.3, -0.25) is 0 Å². The maximum Gasteiger partial charge on any atom is 0.139 e. The van der Waals surface area contributed by atoms with Crippen LogP contribution in [0.1, 0.15) is 83.5 Å². The highest BCUT2D eigenvalue weighted by Crippen LogP contribution is 2.51. The average molecular weight is 815 g/mol. The summed E-state index contributed by atoms with van der Waals surface area (Å²) in [6.07, 6.45) is 1.59. The molecule has 0 bridgehead atoms. The van der Waals surface area contributed by atoms with E-state index in [1.165, 1.54) is 140 Å². The summed E-state index contributed by atoms with van der Waals surface area (Å²) in [6.45, 7) is 37.5. The molecule has 64 heavy (non-hydrogen) atoms. The molecule has 6 aromatic carbocycles. The summed E-state index contributed by atoms with van der Waals surface area (Å²) in [5, 5.41) is 8.98. The topological polar surface area (TPSA) is 0 Å². The van der Waals surface area contributed by atoms with Gasteiger partial charge in [0, 0.05) is 26.2 Å². The van der Waals surface area contributed by atoms with E-state index in [2.05, 4.69) is 189 Å². The lowest BCUT2D eigenvalue weighted by Crippen LogP contribution is -2.64. The first-order valence-corrected chi connectivity index (χ1v) is 25.4. The summed E-state index contributed by atoms with van der Waals surface area (Å²) in [5.74, 6) is 0. The fourth-order valence-electron chi connectivity index (χ4n) is 13.2. The zero-order valence-corrected chi connectivity index (χ0v) is 45.9. The SMILES string of the molecule is BBB(B)B(B(B)B)c1c(C)c(C)c(B(B)B(B)B)c2c(-c3c(C)c(C)c(C)c4c(-c5c(C)c(C)c(C)c(C)c5C)c5c(C)c(C)c(C)c(C)c5c(C)c34)c(B(B)B)c(BB)c(B)c12. The molecule has 0 nitrogen and oxygen atoms in total. The van der Waals surface area contributed by atoms with E-state index in [-0.39, 0.29) is 0 Å². The number of hydrogen-bond acceptors (Lipinski definition) is 0. The van der Waals surface area contributed by atoms with Crippen molar-refractivity contribution in [3.8, 4) is 22.3 Å². The van der Waals surface area contributed by atoms with Crippen LogP contribution in [0.3, 0.4) is 0 Å². The van der Waals surface area contributed by atoms with Crippen molar-refractivity contribution >= 4 is 198 Å². The van der Waals surface area contributed by atoms with Crippen LogP contribution >= 0.6 is 0 Å². The van der Waals surface area contributed by atoms with Crippen LogP contribution in [-0.4, -0.2) is 138 Å². The summed E-state index contributed by atoms with van der Waals surface area (Å²) in [6, 6.07) is 0. The van der Waals surface area contributed by atoms with Crippen molar-refractivity contribution < 1.29 is 0 Å². The normalized spacial score (nSPS) is 11.4. The van der Waals surface area contributed by atoms with Crippen molar-refractivity contribution in [2.24, 2.45) is 0 Å². The molecule has 306 valence electrons. The minimum Gasteiger partial charge on any atom is -0.105 e. The first-order valence-electron chi connectivity index (χ1n) is 25.4. The van der Waals surface area contributed by atoms with Gasteiger partial charge in [-0.15, -0.1) is 5.46 Å². The highest BCUT2D eigenvalue weighted by Gasteiger charge is 2.37. The lowest BCUT2D eigenvalue weighted by molar-refractivity contribution is 1.18. The van der Waals surface area contributed by atoms with Gasteiger partial charge in [-0.25, -0.2) is 0 Å². The molecule has 0 N–H and O–H groups in total. The summed E-state index contributed by atoms with van der Waals surface area (Å²) in [7, 11) is 29.5. The largest absolute Gasteiger partial charge is 0.139 e. The third-order valence-electron chi connectivity index (χ3n) is 18.3. The Balaban J connectivity index is 2.18. The quantitative estimate of drug-likeness (QED) is 0.0966. The Morgan fingerprint density at radius 3 is 1.20 bits per heavy atom. The van der Waals surface area contributed by atoms with E-state index in [9.17, 15) is 0 Å². The number of benzene rings is 6. The molecular formula is C45H69B19. The first-order chi connectivity index (χ1) is 29.8. The Kier molecular flexibility index (Phi) is 14.6. The lowest BCUT2D eigenvalue weighted by Gasteiger charge is -2.36. The molecule has 0 saturated carbocycles. The molecule has 0 aliphatic rings. The van der Waals surface area contributed by atoms with Crippen molar-refractivity contribution in [3.05, 3.63) is 83.5 Å². The maximum absolute atomic E-state index is 2.54. The van der Waals surface area contributed by atoms with Gasteiger partial charge in [-0.2, -0.15) is 0 Å². The number of hydrogen-bond donors (Lipinski definition) is 0. The fraction of sp³-hybridized carbons (Fsp3) is 0.333. The second-order valence-corrected chi connectivity index (χ2v) is 22.2. The van der Waals surface area contributed by atoms with Gasteiger partial charge in [0.1, 0.15) is 21.5 Å². The standard InChI is InChI=1S/C45H69B19/c1-16-17(2)22(7)31(23(8)18(16)3)37-33-25(10)20(5)19(4)24(9)32(33)30(15)36-34(37)26(11)21(6)27(12)35(36)38-39-40(41(46)42(57-47)45(38)59(49)50)44(61(63(54)55)64(56)58-48)29(14)28(13)43(39)60(51)62(52)53/h57-58H,46-56H2,1-15H3. The molecular weight excluding hydrogens is 746 g/mol. The van der Waals surface area contributed by atoms with Gasteiger partial charge in [-0.05, 0) is 231 Å².